The first kappa shape index (κ1) is 16.7. The number of morpholine rings is 1. The molecule has 1 saturated heterocycles. The fourth-order valence-corrected chi connectivity index (χ4v) is 2.16. The standard InChI is InChI=1S/C14H17ClFN3O3/c15-10-1-2-12(11(16)9-10)18-14(21)13(20)17-3-4-19-5-7-22-8-6-19/h1-2,9H,3-8H2,(H,17,20)(H,18,21). The molecule has 0 unspecified atom stereocenters. The normalized spacial score (nSPS) is 15.4. The Bertz CT molecular complexity index is 550. The van der Waals surface area contributed by atoms with Gasteiger partial charge in [0.05, 0.1) is 18.9 Å². The number of hydrogen-bond donors (Lipinski definition) is 2. The molecule has 0 saturated carbocycles. The molecule has 1 aliphatic rings. The zero-order valence-corrected chi connectivity index (χ0v) is 12.7. The van der Waals surface area contributed by atoms with E-state index in [1.54, 1.807) is 0 Å². The van der Waals surface area contributed by atoms with Gasteiger partial charge in [0.15, 0.2) is 0 Å². The summed E-state index contributed by atoms with van der Waals surface area (Å²) in [6.45, 7) is 3.93. The number of rotatable bonds is 4. The van der Waals surface area contributed by atoms with Crippen LogP contribution < -0.4 is 10.6 Å². The van der Waals surface area contributed by atoms with Crippen LogP contribution in [0.25, 0.3) is 0 Å². The minimum absolute atomic E-state index is 0.0854. The fourth-order valence-electron chi connectivity index (χ4n) is 2.00. The topological polar surface area (TPSA) is 70.7 Å². The van der Waals surface area contributed by atoms with Crippen LogP contribution in [0.3, 0.4) is 0 Å². The van der Waals surface area contributed by atoms with Crippen molar-refractivity contribution in [3.63, 3.8) is 0 Å². The number of nitrogens with one attached hydrogen (secondary N) is 2. The molecule has 1 heterocycles. The number of hydrogen-bond acceptors (Lipinski definition) is 4. The highest BCUT2D eigenvalue weighted by Crippen LogP contribution is 2.18. The van der Waals surface area contributed by atoms with Gasteiger partial charge in [-0.3, -0.25) is 14.5 Å². The van der Waals surface area contributed by atoms with E-state index in [1.165, 1.54) is 12.1 Å². The molecule has 8 heteroatoms. The van der Waals surface area contributed by atoms with Gasteiger partial charge in [0.1, 0.15) is 5.82 Å². The Morgan fingerprint density at radius 3 is 2.68 bits per heavy atom. The van der Waals surface area contributed by atoms with E-state index in [0.29, 0.717) is 26.3 Å². The van der Waals surface area contributed by atoms with E-state index in [4.69, 9.17) is 16.3 Å². The Kier molecular flexibility index (Phi) is 6.11. The molecule has 120 valence electrons. The maximum atomic E-state index is 13.5. The quantitative estimate of drug-likeness (QED) is 0.804. The van der Waals surface area contributed by atoms with E-state index in [1.807, 2.05) is 0 Å². The second kappa shape index (κ2) is 8.07. The minimum Gasteiger partial charge on any atom is -0.379 e. The van der Waals surface area contributed by atoms with Gasteiger partial charge in [-0.1, -0.05) is 11.6 Å². The number of nitrogens with zero attached hydrogens (tertiary/aromatic N) is 1. The van der Waals surface area contributed by atoms with Gasteiger partial charge < -0.3 is 15.4 Å². The van der Waals surface area contributed by atoms with Crippen LogP contribution in [0.2, 0.25) is 5.02 Å². The molecule has 1 aromatic rings. The van der Waals surface area contributed by atoms with Crippen molar-refractivity contribution in [2.24, 2.45) is 0 Å². The van der Waals surface area contributed by atoms with Crippen molar-refractivity contribution in [1.82, 2.24) is 10.2 Å². The number of carbonyl (C=O) groups is 2. The first-order valence-corrected chi connectivity index (χ1v) is 7.28. The average molecular weight is 330 g/mol. The fraction of sp³-hybridized carbons (Fsp3) is 0.429. The molecule has 1 aromatic carbocycles. The summed E-state index contributed by atoms with van der Waals surface area (Å²) in [6, 6.07) is 3.79. The van der Waals surface area contributed by atoms with Gasteiger partial charge in [0.25, 0.3) is 0 Å². The van der Waals surface area contributed by atoms with Crippen molar-refractivity contribution in [2.45, 2.75) is 0 Å². The van der Waals surface area contributed by atoms with Gasteiger partial charge in [-0.15, -0.1) is 0 Å². The molecule has 0 radical (unpaired) electrons. The Labute approximate surface area is 132 Å². The molecule has 6 nitrogen and oxygen atoms in total. The van der Waals surface area contributed by atoms with Crippen LogP contribution >= 0.6 is 11.6 Å². The van der Waals surface area contributed by atoms with Gasteiger partial charge in [-0.25, -0.2) is 4.39 Å². The van der Waals surface area contributed by atoms with E-state index in [2.05, 4.69) is 15.5 Å². The van der Waals surface area contributed by atoms with Crippen LogP contribution in [-0.2, 0) is 14.3 Å². The predicted octanol–water partition coefficient (Wildman–Crippen LogP) is 0.866. The van der Waals surface area contributed by atoms with Crippen LogP contribution in [0.5, 0.6) is 0 Å². The molecule has 22 heavy (non-hydrogen) atoms. The molecule has 0 spiro atoms. The van der Waals surface area contributed by atoms with E-state index < -0.39 is 17.6 Å². The van der Waals surface area contributed by atoms with Crippen LogP contribution in [0.1, 0.15) is 0 Å². The van der Waals surface area contributed by atoms with Crippen molar-refractivity contribution in [3.8, 4) is 0 Å². The Morgan fingerprint density at radius 2 is 2.00 bits per heavy atom. The average Bonchev–Trinajstić information content (AvgIpc) is 2.51. The molecule has 0 atom stereocenters. The van der Waals surface area contributed by atoms with Gasteiger partial charge in [-0.05, 0) is 18.2 Å². The molecule has 2 amide bonds. The number of amides is 2. The first-order valence-electron chi connectivity index (χ1n) is 6.90. The van der Waals surface area contributed by atoms with Gasteiger partial charge in [0, 0.05) is 31.2 Å². The Hall–Kier alpha value is -1.70. The summed E-state index contributed by atoms with van der Waals surface area (Å²) in [4.78, 5) is 25.5. The number of carbonyl (C=O) groups excluding carboxylic acids is 2. The summed E-state index contributed by atoms with van der Waals surface area (Å²) >= 11 is 5.61. The SMILES string of the molecule is O=C(NCCN1CCOCC1)C(=O)Nc1ccc(Cl)cc1F. The summed E-state index contributed by atoms with van der Waals surface area (Å²) in [5.41, 5.74) is -0.0854. The summed E-state index contributed by atoms with van der Waals surface area (Å²) in [5.74, 6) is -2.41. The lowest BCUT2D eigenvalue weighted by Gasteiger charge is -2.26. The Balaban J connectivity index is 1.75. The first-order chi connectivity index (χ1) is 10.6. The van der Waals surface area contributed by atoms with Crippen molar-refractivity contribution in [1.29, 1.82) is 0 Å². The highest BCUT2D eigenvalue weighted by atomic mass is 35.5. The highest BCUT2D eigenvalue weighted by Gasteiger charge is 2.16. The van der Waals surface area contributed by atoms with E-state index in [9.17, 15) is 14.0 Å². The lowest BCUT2D eigenvalue weighted by molar-refractivity contribution is -0.136. The third-order valence-electron chi connectivity index (χ3n) is 3.20. The van der Waals surface area contributed by atoms with Crippen molar-refractivity contribution >= 4 is 29.1 Å². The monoisotopic (exact) mass is 329 g/mol. The second-order valence-corrected chi connectivity index (χ2v) is 5.22. The van der Waals surface area contributed by atoms with Crippen molar-refractivity contribution in [2.75, 3.05) is 44.7 Å². The minimum atomic E-state index is -0.914. The molecule has 0 aliphatic carbocycles. The molecule has 0 bridgehead atoms. The lowest BCUT2D eigenvalue weighted by Crippen LogP contribution is -2.43. The largest absolute Gasteiger partial charge is 0.379 e. The third-order valence-corrected chi connectivity index (χ3v) is 3.44. The molecule has 2 rings (SSSR count). The summed E-state index contributed by atoms with van der Waals surface area (Å²) in [6.07, 6.45) is 0. The molecule has 1 aliphatic heterocycles. The van der Waals surface area contributed by atoms with Crippen LogP contribution in [0.15, 0.2) is 18.2 Å². The van der Waals surface area contributed by atoms with Crippen molar-refractivity contribution < 1.29 is 18.7 Å². The zero-order valence-electron chi connectivity index (χ0n) is 11.9. The number of anilines is 1. The maximum Gasteiger partial charge on any atom is 0.313 e. The molecule has 0 aromatic heterocycles. The van der Waals surface area contributed by atoms with Crippen molar-refractivity contribution in [3.05, 3.63) is 29.0 Å². The maximum absolute atomic E-state index is 13.5. The second-order valence-electron chi connectivity index (χ2n) is 4.79. The van der Waals surface area contributed by atoms with E-state index in [0.717, 1.165) is 19.2 Å². The predicted molar refractivity (Wildman–Crippen MR) is 80.3 cm³/mol. The molecular formula is C14H17ClFN3O3. The Morgan fingerprint density at radius 1 is 1.27 bits per heavy atom. The van der Waals surface area contributed by atoms with Gasteiger partial charge in [-0.2, -0.15) is 0 Å². The van der Waals surface area contributed by atoms with Gasteiger partial charge >= 0.3 is 11.8 Å². The van der Waals surface area contributed by atoms with Crippen LogP contribution in [-0.4, -0.2) is 56.1 Å². The third kappa shape index (κ3) is 4.94. The molecule has 2 N–H and O–H groups in total. The number of halogens is 2. The number of ether oxygens (including phenoxy) is 1. The highest BCUT2D eigenvalue weighted by molar-refractivity contribution is 6.39. The van der Waals surface area contributed by atoms with E-state index in [-0.39, 0.29) is 10.7 Å². The number of benzene rings is 1. The van der Waals surface area contributed by atoms with Gasteiger partial charge in [0.2, 0.25) is 0 Å². The van der Waals surface area contributed by atoms with Crippen LogP contribution in [0.4, 0.5) is 10.1 Å². The smallest absolute Gasteiger partial charge is 0.313 e. The molecular weight excluding hydrogens is 313 g/mol. The molecule has 1 fully saturated rings. The van der Waals surface area contributed by atoms with E-state index >= 15 is 0 Å². The van der Waals surface area contributed by atoms with Crippen LogP contribution in [0, 0.1) is 5.82 Å². The lowest BCUT2D eigenvalue weighted by atomic mass is 10.3. The zero-order chi connectivity index (χ0) is 15.9. The summed E-state index contributed by atoms with van der Waals surface area (Å²) in [7, 11) is 0. The summed E-state index contributed by atoms with van der Waals surface area (Å²) in [5, 5.41) is 4.92. The summed E-state index contributed by atoms with van der Waals surface area (Å²) < 4.78 is 18.7.